The van der Waals surface area contributed by atoms with Crippen LogP contribution in [-0.4, -0.2) is 35.9 Å². The second kappa shape index (κ2) is 11.6. The third-order valence-corrected chi connectivity index (χ3v) is 4.98. The molecule has 0 spiro atoms. The first-order valence-corrected chi connectivity index (χ1v) is 10.5. The van der Waals surface area contributed by atoms with Gasteiger partial charge in [0.1, 0.15) is 0 Å². The number of aliphatic imine (C=N–C) groups is 1. The predicted octanol–water partition coefficient (Wildman–Crippen LogP) is 3.83. The Morgan fingerprint density at radius 2 is 1.85 bits per heavy atom. The minimum atomic E-state index is 0.229. The number of benzene rings is 1. The summed E-state index contributed by atoms with van der Waals surface area (Å²) in [6, 6.07) is 8.73. The van der Waals surface area contributed by atoms with Crippen LogP contribution in [-0.2, 0) is 17.9 Å². The van der Waals surface area contributed by atoms with Gasteiger partial charge in [-0.2, -0.15) is 0 Å². The summed E-state index contributed by atoms with van der Waals surface area (Å²) in [6.45, 7) is 9.52. The number of amides is 1. The molecule has 2 N–H and O–H groups in total. The van der Waals surface area contributed by atoms with Crippen molar-refractivity contribution in [2.45, 2.75) is 78.4 Å². The van der Waals surface area contributed by atoms with Crippen molar-refractivity contribution in [2.75, 3.05) is 13.1 Å². The highest BCUT2D eigenvalue weighted by Crippen LogP contribution is 2.22. The smallest absolute Gasteiger partial charge is 0.223 e. The van der Waals surface area contributed by atoms with Crippen molar-refractivity contribution in [1.82, 2.24) is 15.5 Å². The molecular weight excluding hydrogens is 336 g/mol. The molecule has 27 heavy (non-hydrogen) atoms. The first-order chi connectivity index (χ1) is 13.1. The van der Waals surface area contributed by atoms with Crippen molar-refractivity contribution in [1.29, 1.82) is 0 Å². The summed E-state index contributed by atoms with van der Waals surface area (Å²) < 4.78 is 0. The van der Waals surface area contributed by atoms with E-state index in [0.717, 1.165) is 38.4 Å². The van der Waals surface area contributed by atoms with Crippen molar-refractivity contribution >= 4 is 11.9 Å². The summed E-state index contributed by atoms with van der Waals surface area (Å²) in [7, 11) is 0. The number of nitrogens with zero attached hydrogens (tertiary/aromatic N) is 2. The molecule has 0 radical (unpaired) electrons. The average Bonchev–Trinajstić information content (AvgIpc) is 3.09. The molecule has 2 rings (SSSR count). The molecule has 0 saturated heterocycles. The fraction of sp³-hybridized carbons (Fsp3) is 0.636. The van der Waals surface area contributed by atoms with Crippen LogP contribution in [0.25, 0.3) is 0 Å². The zero-order valence-corrected chi connectivity index (χ0v) is 17.3. The molecule has 0 aliphatic carbocycles. The lowest BCUT2D eigenvalue weighted by atomic mass is 10.1. The van der Waals surface area contributed by atoms with E-state index in [1.165, 1.54) is 30.4 Å². The molecule has 0 saturated carbocycles. The van der Waals surface area contributed by atoms with Crippen LogP contribution in [0.5, 0.6) is 0 Å². The van der Waals surface area contributed by atoms with Crippen LogP contribution in [0.4, 0.5) is 0 Å². The number of hydrogen-bond donors (Lipinski definition) is 2. The molecule has 1 atom stereocenters. The van der Waals surface area contributed by atoms with Gasteiger partial charge in [0.15, 0.2) is 5.96 Å². The second-order valence-electron chi connectivity index (χ2n) is 7.42. The van der Waals surface area contributed by atoms with Crippen LogP contribution in [0.3, 0.4) is 0 Å². The first-order valence-electron chi connectivity index (χ1n) is 10.5. The number of fused-ring (bicyclic) bond motifs is 1. The van der Waals surface area contributed by atoms with Gasteiger partial charge in [0.05, 0.1) is 0 Å². The van der Waals surface area contributed by atoms with Gasteiger partial charge in [-0.15, -0.1) is 0 Å². The van der Waals surface area contributed by atoms with E-state index in [-0.39, 0.29) is 5.91 Å². The molecule has 1 aromatic rings. The van der Waals surface area contributed by atoms with Crippen LogP contribution < -0.4 is 10.6 Å². The molecule has 150 valence electrons. The van der Waals surface area contributed by atoms with Gasteiger partial charge in [-0.05, 0) is 37.8 Å². The van der Waals surface area contributed by atoms with E-state index >= 15 is 0 Å². The van der Waals surface area contributed by atoms with E-state index in [1.807, 2.05) is 17.0 Å². The normalized spacial score (nSPS) is 14.8. The molecule has 1 aliphatic heterocycles. The predicted molar refractivity (Wildman–Crippen MR) is 113 cm³/mol. The van der Waals surface area contributed by atoms with Crippen molar-refractivity contribution in [2.24, 2.45) is 4.99 Å². The highest BCUT2D eigenvalue weighted by Gasteiger charge is 2.22. The maximum Gasteiger partial charge on any atom is 0.223 e. The van der Waals surface area contributed by atoms with Crippen LogP contribution in [0, 0.1) is 0 Å². The number of hydrogen-bond acceptors (Lipinski definition) is 2. The van der Waals surface area contributed by atoms with Gasteiger partial charge in [-0.1, -0.05) is 50.5 Å². The highest BCUT2D eigenvalue weighted by atomic mass is 16.2. The molecule has 0 fully saturated rings. The van der Waals surface area contributed by atoms with Gasteiger partial charge in [-0.25, -0.2) is 0 Å². The summed E-state index contributed by atoms with van der Waals surface area (Å²) in [5.41, 5.74) is 2.55. The zero-order valence-electron chi connectivity index (χ0n) is 17.3. The molecule has 5 heteroatoms. The molecule has 1 aromatic carbocycles. The van der Waals surface area contributed by atoms with Crippen molar-refractivity contribution in [3.05, 3.63) is 35.4 Å². The largest absolute Gasteiger partial charge is 0.357 e. The quantitative estimate of drug-likeness (QED) is 0.373. The Morgan fingerprint density at radius 1 is 1.15 bits per heavy atom. The van der Waals surface area contributed by atoms with Gasteiger partial charge >= 0.3 is 0 Å². The van der Waals surface area contributed by atoms with Crippen LogP contribution in [0.2, 0.25) is 0 Å². The minimum Gasteiger partial charge on any atom is -0.357 e. The van der Waals surface area contributed by atoms with E-state index in [9.17, 15) is 4.79 Å². The summed E-state index contributed by atoms with van der Waals surface area (Å²) in [6.07, 6.45) is 6.28. The summed E-state index contributed by atoms with van der Waals surface area (Å²) in [4.78, 5) is 19.1. The van der Waals surface area contributed by atoms with E-state index in [4.69, 9.17) is 0 Å². The van der Waals surface area contributed by atoms with Crippen molar-refractivity contribution in [3.63, 3.8) is 0 Å². The first kappa shape index (κ1) is 21.3. The van der Waals surface area contributed by atoms with Crippen LogP contribution in [0.1, 0.15) is 70.4 Å². The van der Waals surface area contributed by atoms with Gasteiger partial charge < -0.3 is 15.5 Å². The lowest BCUT2D eigenvalue weighted by molar-refractivity contribution is -0.131. The third kappa shape index (κ3) is 7.24. The topological polar surface area (TPSA) is 56.7 Å². The summed E-state index contributed by atoms with van der Waals surface area (Å²) in [5, 5.41) is 6.78. The number of guanidine groups is 1. The maximum atomic E-state index is 12.5. The Bertz CT molecular complexity index is 589. The van der Waals surface area contributed by atoms with Crippen LogP contribution >= 0.6 is 0 Å². The van der Waals surface area contributed by atoms with Gasteiger partial charge in [-0.3, -0.25) is 9.79 Å². The number of unbranched alkanes of at least 4 members (excludes halogenated alkanes) is 2. The molecule has 5 nitrogen and oxygen atoms in total. The minimum absolute atomic E-state index is 0.229. The Hall–Kier alpha value is -2.04. The maximum absolute atomic E-state index is 12.5. The number of nitrogens with one attached hydrogen (secondary N) is 2. The van der Waals surface area contributed by atoms with E-state index in [2.05, 4.69) is 48.5 Å². The van der Waals surface area contributed by atoms with Gasteiger partial charge in [0, 0.05) is 38.6 Å². The Morgan fingerprint density at radius 3 is 2.48 bits per heavy atom. The molecule has 1 heterocycles. The zero-order chi connectivity index (χ0) is 19.5. The lowest BCUT2D eigenvalue weighted by Crippen LogP contribution is -2.42. The Kier molecular flexibility index (Phi) is 9.16. The lowest BCUT2D eigenvalue weighted by Gasteiger charge is -2.18. The van der Waals surface area contributed by atoms with Gasteiger partial charge in [0.25, 0.3) is 0 Å². The average molecular weight is 373 g/mol. The monoisotopic (exact) mass is 372 g/mol. The summed E-state index contributed by atoms with van der Waals surface area (Å²) in [5.74, 6) is 1.09. The molecule has 0 aromatic heterocycles. The van der Waals surface area contributed by atoms with Crippen molar-refractivity contribution in [3.8, 4) is 0 Å². The molecular formula is C22H36N4O. The SMILES string of the molecule is CCCCCC(C)NC(=NCCCC(=O)N1Cc2ccccc2C1)NCC. The van der Waals surface area contributed by atoms with E-state index in [1.54, 1.807) is 0 Å². The fourth-order valence-corrected chi connectivity index (χ4v) is 3.41. The number of rotatable bonds is 10. The van der Waals surface area contributed by atoms with Crippen molar-refractivity contribution < 1.29 is 4.79 Å². The highest BCUT2D eigenvalue weighted by molar-refractivity contribution is 5.80. The summed E-state index contributed by atoms with van der Waals surface area (Å²) >= 11 is 0. The fourth-order valence-electron chi connectivity index (χ4n) is 3.41. The van der Waals surface area contributed by atoms with Gasteiger partial charge in [0.2, 0.25) is 5.91 Å². The third-order valence-electron chi connectivity index (χ3n) is 4.98. The molecule has 1 aliphatic rings. The number of carbonyl (C=O) groups is 1. The standard InChI is InChI=1S/C22H36N4O/c1-4-6-7-11-18(3)25-22(23-5-2)24-15-10-14-21(27)26-16-19-12-8-9-13-20(19)17-26/h8-9,12-13,18H,4-7,10-11,14-17H2,1-3H3,(H2,23,24,25). The molecule has 0 bridgehead atoms. The Labute approximate surface area is 164 Å². The molecule has 1 unspecified atom stereocenters. The Balaban J connectivity index is 1.71. The molecule has 1 amide bonds. The van der Waals surface area contributed by atoms with E-state index < -0.39 is 0 Å². The van der Waals surface area contributed by atoms with Crippen LogP contribution in [0.15, 0.2) is 29.3 Å². The second-order valence-corrected chi connectivity index (χ2v) is 7.42. The number of carbonyl (C=O) groups excluding carboxylic acids is 1. The van der Waals surface area contributed by atoms with E-state index in [0.29, 0.717) is 19.0 Å².